The van der Waals surface area contributed by atoms with Crippen LogP contribution in [0.2, 0.25) is 0 Å². The summed E-state index contributed by atoms with van der Waals surface area (Å²) in [5.74, 6) is 0.487. The van der Waals surface area contributed by atoms with Gasteiger partial charge in [-0.3, -0.25) is 14.9 Å². The third kappa shape index (κ3) is 5.93. The zero-order valence-electron chi connectivity index (χ0n) is 19.4. The predicted octanol–water partition coefficient (Wildman–Crippen LogP) is 3.35. The molecule has 0 spiro atoms. The second-order valence-corrected chi connectivity index (χ2v) is 8.20. The van der Waals surface area contributed by atoms with E-state index in [1.165, 1.54) is 33.5 Å². The van der Waals surface area contributed by atoms with Crippen molar-refractivity contribution in [3.63, 3.8) is 0 Å². The molecule has 0 bridgehead atoms. The number of amides is 2. The zero-order chi connectivity index (χ0) is 24.7. The lowest BCUT2D eigenvalue weighted by Gasteiger charge is -2.31. The Morgan fingerprint density at radius 3 is 2.18 bits per heavy atom. The topological polar surface area (TPSA) is 97.9 Å². The Kier molecular flexibility index (Phi) is 7.91. The van der Waals surface area contributed by atoms with Gasteiger partial charge in [-0.2, -0.15) is 0 Å². The molecule has 0 radical (unpaired) electrons. The summed E-state index contributed by atoms with van der Waals surface area (Å²) >= 11 is 5.34. The van der Waals surface area contributed by atoms with Gasteiger partial charge in [0.05, 0.1) is 26.9 Å². The summed E-state index contributed by atoms with van der Waals surface area (Å²) in [7, 11) is 4.44. The molecule has 2 aromatic carbocycles. The number of benzene rings is 2. The molecular weight excluding hydrogens is 454 g/mol. The highest BCUT2D eigenvalue weighted by molar-refractivity contribution is 7.80. The quantitative estimate of drug-likeness (QED) is 0.522. The molecule has 1 aliphatic carbocycles. The molecule has 1 atom stereocenters. The maximum Gasteiger partial charge on any atom is 0.257 e. The minimum absolute atomic E-state index is 0.122. The van der Waals surface area contributed by atoms with Crippen molar-refractivity contribution < 1.29 is 23.8 Å². The van der Waals surface area contributed by atoms with Crippen LogP contribution in [0.4, 0.5) is 0 Å². The van der Waals surface area contributed by atoms with E-state index in [4.69, 9.17) is 26.4 Å². The Labute approximate surface area is 204 Å². The zero-order valence-corrected chi connectivity index (χ0v) is 20.2. The number of carbonyl (C=O) groups is 2. The van der Waals surface area contributed by atoms with Gasteiger partial charge in [0.25, 0.3) is 11.8 Å². The summed E-state index contributed by atoms with van der Waals surface area (Å²) < 4.78 is 15.9. The van der Waals surface area contributed by atoms with Gasteiger partial charge in [-0.15, -0.1) is 0 Å². The number of nitrogens with one attached hydrogen (secondary N) is 3. The molecule has 178 valence electrons. The van der Waals surface area contributed by atoms with E-state index >= 15 is 0 Å². The summed E-state index contributed by atoms with van der Waals surface area (Å²) in [6.45, 7) is 1.91. The van der Waals surface area contributed by atoms with Crippen LogP contribution in [-0.4, -0.2) is 43.8 Å². The van der Waals surface area contributed by atoms with Crippen LogP contribution in [0.15, 0.2) is 66.4 Å². The second-order valence-electron chi connectivity index (χ2n) is 7.79. The summed E-state index contributed by atoms with van der Waals surface area (Å²) in [5.41, 5.74) is 0.986. The molecule has 0 heterocycles. The van der Waals surface area contributed by atoms with E-state index < -0.39 is 11.4 Å². The fraction of sp³-hybridized carbons (Fsp3) is 0.240. The van der Waals surface area contributed by atoms with E-state index in [9.17, 15) is 9.59 Å². The Bertz CT molecular complexity index is 1120. The number of hydrogen-bond donors (Lipinski definition) is 3. The first-order chi connectivity index (χ1) is 16.3. The number of rotatable bonds is 7. The SMILES string of the molecule is COc1cc(C(=O)NC(=S)NC2=CC=CC(C)(NC(=O)c3ccccc3)C2)cc(OC)c1OC. The highest BCUT2D eigenvalue weighted by Crippen LogP contribution is 2.38. The van der Waals surface area contributed by atoms with Gasteiger partial charge in [0.2, 0.25) is 5.75 Å². The summed E-state index contributed by atoms with van der Waals surface area (Å²) in [6, 6.07) is 12.1. The molecule has 0 aromatic heterocycles. The molecule has 3 rings (SSSR count). The average molecular weight is 482 g/mol. The van der Waals surface area contributed by atoms with E-state index in [0.29, 0.717) is 29.2 Å². The third-order valence-corrected chi connectivity index (χ3v) is 5.39. The Morgan fingerprint density at radius 1 is 0.941 bits per heavy atom. The van der Waals surface area contributed by atoms with E-state index in [1.54, 1.807) is 12.1 Å². The van der Waals surface area contributed by atoms with Crippen molar-refractivity contribution in [1.29, 1.82) is 0 Å². The molecule has 0 fully saturated rings. The second kappa shape index (κ2) is 10.8. The smallest absolute Gasteiger partial charge is 0.257 e. The lowest BCUT2D eigenvalue weighted by Crippen LogP contribution is -2.48. The van der Waals surface area contributed by atoms with Gasteiger partial charge < -0.3 is 24.8 Å². The monoisotopic (exact) mass is 481 g/mol. The summed E-state index contributed by atoms with van der Waals surface area (Å²) in [6.07, 6.45) is 6.05. The van der Waals surface area contributed by atoms with Crippen LogP contribution in [0.25, 0.3) is 0 Å². The van der Waals surface area contributed by atoms with Gasteiger partial charge in [0.1, 0.15) is 0 Å². The Morgan fingerprint density at radius 2 is 1.59 bits per heavy atom. The fourth-order valence-corrected chi connectivity index (χ4v) is 3.77. The van der Waals surface area contributed by atoms with Crippen LogP contribution < -0.4 is 30.2 Å². The molecule has 0 aliphatic heterocycles. The molecule has 0 saturated carbocycles. The lowest BCUT2D eigenvalue weighted by molar-refractivity contribution is 0.0920. The van der Waals surface area contributed by atoms with Crippen molar-refractivity contribution in [2.75, 3.05) is 21.3 Å². The van der Waals surface area contributed by atoms with Crippen molar-refractivity contribution in [3.05, 3.63) is 77.5 Å². The van der Waals surface area contributed by atoms with Crippen molar-refractivity contribution in [2.24, 2.45) is 0 Å². The van der Waals surface area contributed by atoms with Gasteiger partial charge in [0.15, 0.2) is 16.6 Å². The van der Waals surface area contributed by atoms with E-state index in [1.807, 2.05) is 43.4 Å². The molecule has 1 unspecified atom stereocenters. The molecule has 2 amide bonds. The molecule has 34 heavy (non-hydrogen) atoms. The van der Waals surface area contributed by atoms with Gasteiger partial charge in [-0.05, 0) is 49.5 Å². The van der Waals surface area contributed by atoms with Gasteiger partial charge in [-0.25, -0.2) is 0 Å². The van der Waals surface area contributed by atoms with Crippen LogP contribution in [-0.2, 0) is 0 Å². The highest BCUT2D eigenvalue weighted by Gasteiger charge is 2.27. The normalized spacial score (nSPS) is 16.6. The first-order valence-electron chi connectivity index (χ1n) is 10.5. The maximum atomic E-state index is 12.8. The molecule has 3 N–H and O–H groups in total. The van der Waals surface area contributed by atoms with Gasteiger partial charge in [0, 0.05) is 23.2 Å². The summed E-state index contributed by atoms with van der Waals surface area (Å²) in [5, 5.41) is 8.86. The van der Waals surface area contributed by atoms with Gasteiger partial charge in [-0.1, -0.05) is 30.4 Å². The van der Waals surface area contributed by atoms with Crippen molar-refractivity contribution in [1.82, 2.24) is 16.0 Å². The fourth-order valence-electron chi connectivity index (χ4n) is 3.55. The summed E-state index contributed by atoms with van der Waals surface area (Å²) in [4.78, 5) is 25.4. The van der Waals surface area contributed by atoms with Crippen molar-refractivity contribution in [2.45, 2.75) is 18.9 Å². The highest BCUT2D eigenvalue weighted by atomic mass is 32.1. The lowest BCUT2D eigenvalue weighted by atomic mass is 9.91. The largest absolute Gasteiger partial charge is 0.493 e. The predicted molar refractivity (Wildman–Crippen MR) is 133 cm³/mol. The van der Waals surface area contributed by atoms with E-state index in [0.717, 1.165) is 5.70 Å². The van der Waals surface area contributed by atoms with Crippen LogP contribution in [0.5, 0.6) is 17.2 Å². The maximum absolute atomic E-state index is 12.8. The van der Waals surface area contributed by atoms with Crippen LogP contribution in [0.1, 0.15) is 34.1 Å². The molecular formula is C25H27N3O5S. The number of allylic oxidation sites excluding steroid dienone is 2. The number of thiocarbonyl (C=S) groups is 1. The van der Waals surface area contributed by atoms with Crippen molar-refractivity contribution in [3.8, 4) is 17.2 Å². The molecule has 1 aliphatic rings. The molecule has 0 saturated heterocycles. The number of ether oxygens (including phenoxy) is 3. The van der Waals surface area contributed by atoms with Crippen LogP contribution in [0, 0.1) is 0 Å². The number of hydrogen-bond acceptors (Lipinski definition) is 6. The van der Waals surface area contributed by atoms with Crippen molar-refractivity contribution >= 4 is 29.1 Å². The minimum Gasteiger partial charge on any atom is -0.493 e. The Hall–Kier alpha value is -3.85. The van der Waals surface area contributed by atoms with E-state index in [2.05, 4.69) is 16.0 Å². The number of methoxy groups -OCH3 is 3. The molecule has 2 aromatic rings. The first kappa shape index (κ1) is 24.8. The first-order valence-corrected chi connectivity index (χ1v) is 10.9. The Balaban J connectivity index is 1.64. The van der Waals surface area contributed by atoms with Crippen LogP contribution in [0.3, 0.4) is 0 Å². The third-order valence-electron chi connectivity index (χ3n) is 5.18. The molecule has 9 heteroatoms. The minimum atomic E-state index is -0.625. The van der Waals surface area contributed by atoms with Crippen LogP contribution >= 0.6 is 12.2 Å². The molecule has 8 nitrogen and oxygen atoms in total. The average Bonchev–Trinajstić information content (AvgIpc) is 2.83. The van der Waals surface area contributed by atoms with Gasteiger partial charge >= 0.3 is 0 Å². The standard InChI is InChI=1S/C25H27N3O5S/c1-25(28-23(30)16-9-6-5-7-10-16)12-8-11-18(15-25)26-24(34)27-22(29)17-13-19(31-2)21(33-4)20(14-17)32-3/h5-14H,15H2,1-4H3,(H,28,30)(H2,26,27,29,34). The van der Waals surface area contributed by atoms with E-state index in [-0.39, 0.29) is 16.6 Å². The number of carbonyl (C=O) groups excluding carboxylic acids is 2.